The van der Waals surface area contributed by atoms with Gasteiger partial charge in [0.2, 0.25) is 0 Å². The van der Waals surface area contributed by atoms with Crippen molar-refractivity contribution in [1.29, 1.82) is 5.26 Å². The van der Waals surface area contributed by atoms with Crippen molar-refractivity contribution < 1.29 is 0 Å². The molecule has 19 heavy (non-hydrogen) atoms. The van der Waals surface area contributed by atoms with Crippen LogP contribution in [0.1, 0.15) is 16.7 Å². The minimum Gasteiger partial charge on any atom is -0.346 e. The molecule has 0 aliphatic heterocycles. The fourth-order valence-corrected chi connectivity index (χ4v) is 1.78. The number of nitriles is 1. The second kappa shape index (κ2) is 4.64. The number of rotatable bonds is 0. The highest BCUT2D eigenvalue weighted by Crippen LogP contribution is 2.13. The van der Waals surface area contributed by atoms with E-state index in [-0.39, 0.29) is 0 Å². The van der Waals surface area contributed by atoms with Crippen LogP contribution in [0.2, 0.25) is 0 Å². The zero-order chi connectivity index (χ0) is 13.1. The van der Waals surface area contributed by atoms with Gasteiger partial charge in [-0.05, 0) is 18.2 Å². The Kier molecular flexibility index (Phi) is 2.69. The summed E-state index contributed by atoms with van der Waals surface area (Å²) < 4.78 is 0. The number of fused-ring (bicyclic) bond motifs is 1. The standard InChI is InChI=1S/C15H8N4/c16-8-12-7-11(9-17-10-12)1-2-13-3-5-18-15-14(13)4-6-19-15/h3-7,9-10H,(H,18,19). The van der Waals surface area contributed by atoms with Crippen molar-refractivity contribution in [2.75, 3.05) is 0 Å². The summed E-state index contributed by atoms with van der Waals surface area (Å²) in [6, 6.07) is 7.57. The molecule has 0 unspecified atom stereocenters. The first-order valence-corrected chi connectivity index (χ1v) is 5.66. The molecular weight excluding hydrogens is 236 g/mol. The van der Waals surface area contributed by atoms with E-state index in [9.17, 15) is 0 Å². The molecule has 0 aliphatic rings. The minimum atomic E-state index is 0.508. The van der Waals surface area contributed by atoms with Gasteiger partial charge in [0, 0.05) is 41.3 Å². The average Bonchev–Trinajstić information content (AvgIpc) is 2.94. The van der Waals surface area contributed by atoms with Gasteiger partial charge in [-0.3, -0.25) is 4.98 Å². The van der Waals surface area contributed by atoms with Crippen molar-refractivity contribution in [2.45, 2.75) is 0 Å². The van der Waals surface area contributed by atoms with E-state index >= 15 is 0 Å². The van der Waals surface area contributed by atoms with Crippen LogP contribution in [0.15, 0.2) is 43.0 Å². The third-order valence-corrected chi connectivity index (χ3v) is 2.67. The number of hydrogen-bond acceptors (Lipinski definition) is 3. The SMILES string of the molecule is N#Cc1cncc(C#Cc2ccnc3[nH]ccc23)c1. The van der Waals surface area contributed by atoms with Crippen LogP contribution in [0.25, 0.3) is 11.0 Å². The number of nitrogens with one attached hydrogen (secondary N) is 1. The zero-order valence-electron chi connectivity index (χ0n) is 9.88. The molecule has 88 valence electrons. The van der Waals surface area contributed by atoms with Gasteiger partial charge in [-0.15, -0.1) is 0 Å². The van der Waals surface area contributed by atoms with Gasteiger partial charge in [-0.2, -0.15) is 5.26 Å². The second-order valence-corrected chi connectivity index (χ2v) is 3.92. The van der Waals surface area contributed by atoms with Crippen molar-refractivity contribution >= 4 is 11.0 Å². The predicted molar refractivity (Wildman–Crippen MR) is 71.0 cm³/mol. The van der Waals surface area contributed by atoms with E-state index in [1.165, 1.54) is 6.20 Å². The number of nitrogens with zero attached hydrogens (tertiary/aromatic N) is 3. The van der Waals surface area contributed by atoms with E-state index < -0.39 is 0 Å². The maximum absolute atomic E-state index is 8.81. The number of hydrogen-bond donors (Lipinski definition) is 1. The Morgan fingerprint density at radius 2 is 2.00 bits per heavy atom. The maximum Gasteiger partial charge on any atom is 0.138 e. The molecule has 0 aromatic carbocycles. The normalized spacial score (nSPS) is 9.63. The Hall–Kier alpha value is -3.11. The van der Waals surface area contributed by atoms with E-state index in [0.717, 1.165) is 22.2 Å². The monoisotopic (exact) mass is 244 g/mol. The van der Waals surface area contributed by atoms with Gasteiger partial charge >= 0.3 is 0 Å². The van der Waals surface area contributed by atoms with Crippen molar-refractivity contribution in [1.82, 2.24) is 15.0 Å². The van der Waals surface area contributed by atoms with Crippen LogP contribution in [0.5, 0.6) is 0 Å². The van der Waals surface area contributed by atoms with Crippen LogP contribution in [0, 0.1) is 23.2 Å². The number of aromatic nitrogens is 3. The molecule has 1 N–H and O–H groups in total. The third kappa shape index (κ3) is 2.15. The molecule has 0 amide bonds. The van der Waals surface area contributed by atoms with Crippen molar-refractivity contribution in [3.8, 4) is 17.9 Å². The van der Waals surface area contributed by atoms with Crippen LogP contribution >= 0.6 is 0 Å². The van der Waals surface area contributed by atoms with Crippen LogP contribution in [-0.2, 0) is 0 Å². The van der Waals surface area contributed by atoms with Crippen LogP contribution in [0.3, 0.4) is 0 Å². The zero-order valence-corrected chi connectivity index (χ0v) is 9.88. The first-order valence-electron chi connectivity index (χ1n) is 5.66. The Morgan fingerprint density at radius 1 is 1.11 bits per heavy atom. The molecule has 3 aromatic heterocycles. The van der Waals surface area contributed by atoms with Gasteiger partial charge in [0.15, 0.2) is 0 Å². The minimum absolute atomic E-state index is 0.508. The van der Waals surface area contributed by atoms with E-state index in [2.05, 4.69) is 26.8 Å². The topological polar surface area (TPSA) is 65.4 Å². The molecule has 4 nitrogen and oxygen atoms in total. The van der Waals surface area contributed by atoms with E-state index in [0.29, 0.717) is 5.56 Å². The summed E-state index contributed by atoms with van der Waals surface area (Å²) in [5.41, 5.74) is 2.94. The molecule has 4 heteroatoms. The lowest BCUT2D eigenvalue weighted by Crippen LogP contribution is -1.83. The van der Waals surface area contributed by atoms with Gasteiger partial charge in [0.25, 0.3) is 0 Å². The molecule has 0 fully saturated rings. The Labute approximate surface area is 109 Å². The summed E-state index contributed by atoms with van der Waals surface area (Å²) in [6.07, 6.45) is 6.71. The summed E-state index contributed by atoms with van der Waals surface area (Å²) in [5, 5.41) is 9.80. The largest absolute Gasteiger partial charge is 0.346 e. The van der Waals surface area contributed by atoms with Crippen molar-refractivity contribution in [3.05, 3.63) is 59.7 Å². The predicted octanol–water partition coefficient (Wildman–Crippen LogP) is 2.23. The lowest BCUT2D eigenvalue weighted by atomic mass is 10.1. The average molecular weight is 244 g/mol. The summed E-state index contributed by atoms with van der Waals surface area (Å²) >= 11 is 0. The van der Waals surface area contributed by atoms with Crippen molar-refractivity contribution in [2.24, 2.45) is 0 Å². The summed E-state index contributed by atoms with van der Waals surface area (Å²) in [7, 11) is 0. The first kappa shape index (κ1) is 11.0. The number of aromatic amines is 1. The smallest absolute Gasteiger partial charge is 0.138 e. The highest BCUT2D eigenvalue weighted by molar-refractivity contribution is 5.82. The van der Waals surface area contributed by atoms with Crippen LogP contribution in [-0.4, -0.2) is 15.0 Å². The molecule has 0 atom stereocenters. The number of pyridine rings is 2. The van der Waals surface area contributed by atoms with Crippen LogP contribution in [0.4, 0.5) is 0 Å². The molecule has 3 rings (SSSR count). The van der Waals surface area contributed by atoms with Gasteiger partial charge in [0.05, 0.1) is 5.56 Å². The molecule has 0 radical (unpaired) electrons. The molecular formula is C15H8N4. The van der Waals surface area contributed by atoms with Gasteiger partial charge in [-0.1, -0.05) is 11.8 Å². The highest BCUT2D eigenvalue weighted by Gasteiger charge is 1.99. The quantitative estimate of drug-likeness (QED) is 0.617. The van der Waals surface area contributed by atoms with Gasteiger partial charge in [-0.25, -0.2) is 4.98 Å². The Balaban J connectivity index is 2.04. The highest BCUT2D eigenvalue weighted by atomic mass is 14.8. The van der Waals surface area contributed by atoms with Gasteiger partial charge < -0.3 is 4.98 Å². The fraction of sp³-hybridized carbons (Fsp3) is 0. The lowest BCUT2D eigenvalue weighted by molar-refractivity contribution is 1.29. The summed E-state index contributed by atoms with van der Waals surface area (Å²) in [6.45, 7) is 0. The molecule has 0 spiro atoms. The van der Waals surface area contributed by atoms with E-state index in [4.69, 9.17) is 5.26 Å². The number of H-pyrrole nitrogens is 1. The molecule has 0 aliphatic carbocycles. The first-order chi connectivity index (χ1) is 9.36. The molecule has 0 saturated carbocycles. The fourth-order valence-electron chi connectivity index (χ4n) is 1.78. The summed E-state index contributed by atoms with van der Waals surface area (Å²) in [4.78, 5) is 11.2. The lowest BCUT2D eigenvalue weighted by Gasteiger charge is -1.93. The molecule has 3 heterocycles. The Morgan fingerprint density at radius 3 is 2.89 bits per heavy atom. The van der Waals surface area contributed by atoms with E-state index in [1.807, 2.05) is 24.4 Å². The summed E-state index contributed by atoms with van der Waals surface area (Å²) in [5.74, 6) is 6.09. The van der Waals surface area contributed by atoms with Crippen molar-refractivity contribution in [3.63, 3.8) is 0 Å². The second-order valence-electron chi connectivity index (χ2n) is 3.92. The van der Waals surface area contributed by atoms with Gasteiger partial charge in [0.1, 0.15) is 11.7 Å². The molecule has 0 saturated heterocycles. The van der Waals surface area contributed by atoms with E-state index in [1.54, 1.807) is 18.5 Å². The molecule has 0 bridgehead atoms. The third-order valence-electron chi connectivity index (χ3n) is 2.67. The maximum atomic E-state index is 8.81. The van der Waals surface area contributed by atoms with Crippen LogP contribution < -0.4 is 0 Å². The molecule has 3 aromatic rings. The Bertz CT molecular complexity index is 843.